The number of hydrogen-bond donors (Lipinski definition) is 0. The summed E-state index contributed by atoms with van der Waals surface area (Å²) >= 11 is 1.74. The average Bonchev–Trinajstić information content (AvgIpc) is 2.42. The highest BCUT2D eigenvalue weighted by Gasteiger charge is 1.95. The molecule has 0 bridgehead atoms. The Bertz CT molecular complexity index is 402. The third kappa shape index (κ3) is 3.10. The molecule has 1 heterocycles. The molecule has 0 saturated heterocycles. The summed E-state index contributed by atoms with van der Waals surface area (Å²) in [5.74, 6) is 0. The number of aromatic nitrogens is 1. The van der Waals surface area contributed by atoms with Crippen molar-refractivity contribution < 1.29 is 4.92 Å². The lowest BCUT2D eigenvalue weighted by atomic mass is 10.3. The quantitative estimate of drug-likeness (QED) is 0.496. The third-order valence-corrected chi connectivity index (χ3v) is 2.35. The molecule has 4 nitrogen and oxygen atoms in total. The molecule has 0 atom stereocenters. The van der Waals surface area contributed by atoms with Gasteiger partial charge in [-0.05, 0) is 19.1 Å². The van der Waals surface area contributed by atoms with Crippen LogP contribution in [0.5, 0.6) is 0 Å². The van der Waals surface area contributed by atoms with Gasteiger partial charge in [-0.25, -0.2) is 4.98 Å². The molecule has 0 amide bonds. The second-order valence-corrected chi connectivity index (χ2v) is 3.88. The number of nitro groups is 1. The van der Waals surface area contributed by atoms with Crippen LogP contribution in [0.2, 0.25) is 0 Å². The SMILES string of the molecule is C[N+](=O)[O-].Cc1nc2ccccc2s1. The zero-order valence-electron chi connectivity index (χ0n) is 7.93. The van der Waals surface area contributed by atoms with E-state index in [1.807, 2.05) is 25.1 Å². The maximum absolute atomic E-state index is 8.81. The van der Waals surface area contributed by atoms with Crippen LogP contribution in [-0.4, -0.2) is 17.0 Å². The Labute approximate surface area is 85.4 Å². The van der Waals surface area contributed by atoms with Crippen molar-refractivity contribution in [2.75, 3.05) is 7.05 Å². The van der Waals surface area contributed by atoms with Gasteiger partial charge in [0.15, 0.2) is 7.05 Å². The van der Waals surface area contributed by atoms with E-state index in [1.165, 1.54) is 4.70 Å². The Hall–Kier alpha value is -1.49. The molecule has 74 valence electrons. The number of para-hydroxylation sites is 1. The summed E-state index contributed by atoms with van der Waals surface area (Å²) in [6.45, 7) is 2.03. The van der Waals surface area contributed by atoms with Crippen molar-refractivity contribution in [3.05, 3.63) is 39.4 Å². The number of fused-ring (bicyclic) bond motifs is 1. The zero-order valence-corrected chi connectivity index (χ0v) is 8.75. The van der Waals surface area contributed by atoms with Crippen LogP contribution in [0.25, 0.3) is 10.2 Å². The second-order valence-electron chi connectivity index (χ2n) is 2.64. The van der Waals surface area contributed by atoms with E-state index in [4.69, 9.17) is 10.1 Å². The van der Waals surface area contributed by atoms with E-state index < -0.39 is 4.92 Å². The number of rotatable bonds is 0. The highest BCUT2D eigenvalue weighted by Crippen LogP contribution is 2.19. The second kappa shape index (κ2) is 4.66. The molecule has 0 saturated carbocycles. The number of hydrogen-bond acceptors (Lipinski definition) is 4. The van der Waals surface area contributed by atoms with Crippen LogP contribution in [0.1, 0.15) is 5.01 Å². The lowest BCUT2D eigenvalue weighted by molar-refractivity contribution is -0.445. The molecule has 0 fully saturated rings. The van der Waals surface area contributed by atoms with E-state index in [-0.39, 0.29) is 0 Å². The topological polar surface area (TPSA) is 56.0 Å². The highest BCUT2D eigenvalue weighted by atomic mass is 32.1. The average molecular weight is 210 g/mol. The molecule has 2 aromatic rings. The lowest BCUT2D eigenvalue weighted by Gasteiger charge is -1.80. The van der Waals surface area contributed by atoms with Gasteiger partial charge in [0.25, 0.3) is 0 Å². The van der Waals surface area contributed by atoms with Crippen LogP contribution < -0.4 is 0 Å². The van der Waals surface area contributed by atoms with E-state index in [1.54, 1.807) is 11.3 Å². The van der Waals surface area contributed by atoms with Crippen molar-refractivity contribution >= 4 is 21.6 Å². The molecule has 14 heavy (non-hydrogen) atoms. The Morgan fingerprint density at radius 1 is 1.43 bits per heavy atom. The first-order valence-electron chi connectivity index (χ1n) is 4.00. The van der Waals surface area contributed by atoms with Gasteiger partial charge in [0, 0.05) is 4.92 Å². The van der Waals surface area contributed by atoms with E-state index in [0.717, 1.165) is 17.6 Å². The van der Waals surface area contributed by atoms with Gasteiger partial charge in [-0.15, -0.1) is 11.3 Å². The smallest absolute Gasteiger partial charge is 0.194 e. The minimum absolute atomic E-state index is 0.500. The molecular formula is C9H10N2O2S. The molecule has 0 N–H and O–H groups in total. The van der Waals surface area contributed by atoms with Gasteiger partial charge in [-0.1, -0.05) is 12.1 Å². The fraction of sp³-hybridized carbons (Fsp3) is 0.222. The summed E-state index contributed by atoms with van der Waals surface area (Å²) in [6.07, 6.45) is 0. The molecule has 0 spiro atoms. The van der Waals surface area contributed by atoms with Gasteiger partial charge in [0.1, 0.15) is 0 Å². The van der Waals surface area contributed by atoms with Crippen molar-refractivity contribution in [2.45, 2.75) is 6.92 Å². The molecule has 0 aliphatic heterocycles. The summed E-state index contributed by atoms with van der Waals surface area (Å²) in [6, 6.07) is 8.19. The Morgan fingerprint density at radius 2 is 2.00 bits per heavy atom. The van der Waals surface area contributed by atoms with Gasteiger partial charge in [-0.2, -0.15) is 0 Å². The normalized spacial score (nSPS) is 9.29. The Balaban J connectivity index is 0.000000213. The van der Waals surface area contributed by atoms with Crippen molar-refractivity contribution in [3.63, 3.8) is 0 Å². The maximum Gasteiger partial charge on any atom is 0.194 e. The van der Waals surface area contributed by atoms with Crippen LogP contribution in [0, 0.1) is 17.0 Å². The van der Waals surface area contributed by atoms with Crippen molar-refractivity contribution in [1.82, 2.24) is 4.98 Å². The molecule has 1 aromatic heterocycles. The number of nitrogens with zero attached hydrogens (tertiary/aromatic N) is 2. The first-order valence-corrected chi connectivity index (χ1v) is 4.81. The molecule has 2 rings (SSSR count). The highest BCUT2D eigenvalue weighted by molar-refractivity contribution is 7.18. The van der Waals surface area contributed by atoms with Crippen LogP contribution in [0.4, 0.5) is 0 Å². The first-order chi connectivity index (χ1) is 6.59. The molecule has 0 unspecified atom stereocenters. The fourth-order valence-corrected chi connectivity index (χ4v) is 1.81. The predicted molar refractivity (Wildman–Crippen MR) is 57.3 cm³/mol. The fourth-order valence-electron chi connectivity index (χ4n) is 0.987. The Morgan fingerprint density at radius 3 is 2.57 bits per heavy atom. The largest absolute Gasteiger partial charge is 0.265 e. The third-order valence-electron chi connectivity index (χ3n) is 1.40. The molecule has 1 aromatic carbocycles. The molecule has 5 heteroatoms. The summed E-state index contributed by atoms with van der Waals surface area (Å²) in [7, 11) is 0.889. The Kier molecular flexibility index (Phi) is 3.53. The van der Waals surface area contributed by atoms with Crippen molar-refractivity contribution in [2.24, 2.45) is 0 Å². The predicted octanol–water partition coefficient (Wildman–Crippen LogP) is 2.50. The summed E-state index contributed by atoms with van der Waals surface area (Å²) in [5, 5.41) is 9.95. The van der Waals surface area contributed by atoms with Crippen LogP contribution in [0.15, 0.2) is 24.3 Å². The van der Waals surface area contributed by atoms with Gasteiger partial charge in [0.2, 0.25) is 0 Å². The number of aryl methyl sites for hydroxylation is 1. The minimum atomic E-state index is -0.500. The monoisotopic (exact) mass is 210 g/mol. The van der Waals surface area contributed by atoms with Gasteiger partial charge >= 0.3 is 0 Å². The number of benzene rings is 1. The van der Waals surface area contributed by atoms with Gasteiger partial charge < -0.3 is 0 Å². The summed E-state index contributed by atoms with van der Waals surface area (Å²) in [5.41, 5.74) is 1.12. The van der Waals surface area contributed by atoms with E-state index in [0.29, 0.717) is 0 Å². The molecule has 0 radical (unpaired) electrons. The number of thiazole rings is 1. The van der Waals surface area contributed by atoms with E-state index >= 15 is 0 Å². The first kappa shape index (κ1) is 10.6. The minimum Gasteiger partial charge on any atom is -0.265 e. The molecule has 0 aliphatic rings. The van der Waals surface area contributed by atoms with Crippen molar-refractivity contribution in [1.29, 1.82) is 0 Å². The molecule has 0 aliphatic carbocycles. The summed E-state index contributed by atoms with van der Waals surface area (Å²) in [4.78, 5) is 12.6. The standard InChI is InChI=1S/C8H7NS.CH3NO2/c1-6-9-7-4-2-3-5-8(7)10-6;1-2(3)4/h2-5H,1H3;1H3. The van der Waals surface area contributed by atoms with Gasteiger partial charge in [0.05, 0.1) is 15.2 Å². The van der Waals surface area contributed by atoms with Crippen LogP contribution >= 0.6 is 11.3 Å². The maximum atomic E-state index is 8.81. The molecular weight excluding hydrogens is 200 g/mol. The van der Waals surface area contributed by atoms with Crippen LogP contribution in [-0.2, 0) is 0 Å². The zero-order chi connectivity index (χ0) is 10.6. The summed E-state index contributed by atoms with van der Waals surface area (Å²) < 4.78 is 1.28. The lowest BCUT2D eigenvalue weighted by Crippen LogP contribution is -1.79. The van der Waals surface area contributed by atoms with E-state index in [2.05, 4.69) is 11.1 Å². The van der Waals surface area contributed by atoms with Gasteiger partial charge in [-0.3, -0.25) is 10.1 Å². The van der Waals surface area contributed by atoms with E-state index in [9.17, 15) is 0 Å². The van der Waals surface area contributed by atoms with Crippen molar-refractivity contribution in [3.8, 4) is 0 Å². The van der Waals surface area contributed by atoms with Crippen LogP contribution in [0.3, 0.4) is 0 Å².